The van der Waals surface area contributed by atoms with Gasteiger partial charge in [-0.1, -0.05) is 18.5 Å². The van der Waals surface area contributed by atoms with Crippen LogP contribution in [0.5, 0.6) is 11.5 Å². The van der Waals surface area contributed by atoms with Gasteiger partial charge in [-0.3, -0.25) is 0 Å². The first-order valence-electron chi connectivity index (χ1n) is 6.56. The van der Waals surface area contributed by atoms with Gasteiger partial charge in [0.2, 0.25) is 0 Å². The van der Waals surface area contributed by atoms with Crippen molar-refractivity contribution in [2.24, 2.45) is 5.73 Å². The van der Waals surface area contributed by atoms with Gasteiger partial charge in [0.05, 0.1) is 0 Å². The number of halogens is 2. The summed E-state index contributed by atoms with van der Waals surface area (Å²) in [4.78, 5) is 0. The van der Waals surface area contributed by atoms with Crippen molar-refractivity contribution in [2.45, 2.75) is 25.8 Å². The molecule has 0 saturated carbocycles. The Kier molecular flexibility index (Phi) is 4.99. The molecule has 106 valence electrons. The molecule has 0 saturated heterocycles. The lowest BCUT2D eigenvalue weighted by atomic mass is 10.0. The molecule has 0 amide bonds. The van der Waals surface area contributed by atoms with E-state index in [0.717, 1.165) is 12.0 Å². The fourth-order valence-electron chi connectivity index (χ4n) is 1.86. The molecule has 2 nitrogen and oxygen atoms in total. The highest BCUT2D eigenvalue weighted by molar-refractivity contribution is 6.30. The van der Waals surface area contributed by atoms with Gasteiger partial charge in [-0.15, -0.1) is 0 Å². The first-order chi connectivity index (χ1) is 9.58. The summed E-state index contributed by atoms with van der Waals surface area (Å²) in [5.41, 5.74) is 6.94. The van der Waals surface area contributed by atoms with Crippen LogP contribution in [0, 0.1) is 5.82 Å². The molecule has 0 aliphatic rings. The summed E-state index contributed by atoms with van der Waals surface area (Å²) in [7, 11) is 0. The summed E-state index contributed by atoms with van der Waals surface area (Å²) >= 11 is 6.02. The monoisotopic (exact) mass is 293 g/mol. The minimum atomic E-state index is -0.290. The smallest absolute Gasteiger partial charge is 0.130 e. The maximum Gasteiger partial charge on any atom is 0.130 e. The maximum absolute atomic E-state index is 12.9. The Morgan fingerprint density at radius 2 is 1.90 bits per heavy atom. The fourth-order valence-corrected chi connectivity index (χ4v) is 2.06. The highest BCUT2D eigenvalue weighted by Gasteiger charge is 2.10. The van der Waals surface area contributed by atoms with Gasteiger partial charge in [-0.2, -0.15) is 0 Å². The Morgan fingerprint density at radius 3 is 2.55 bits per heavy atom. The Morgan fingerprint density at radius 1 is 1.20 bits per heavy atom. The van der Waals surface area contributed by atoms with Gasteiger partial charge in [0.25, 0.3) is 0 Å². The molecule has 0 spiro atoms. The highest BCUT2D eigenvalue weighted by Crippen LogP contribution is 2.29. The van der Waals surface area contributed by atoms with E-state index < -0.39 is 0 Å². The second kappa shape index (κ2) is 6.73. The van der Waals surface area contributed by atoms with Gasteiger partial charge in [0.1, 0.15) is 17.3 Å². The van der Waals surface area contributed by atoms with Crippen molar-refractivity contribution in [3.05, 3.63) is 58.9 Å². The highest BCUT2D eigenvalue weighted by atomic mass is 35.5. The number of benzene rings is 2. The Labute approximate surface area is 123 Å². The molecule has 2 rings (SSSR count). The zero-order valence-electron chi connectivity index (χ0n) is 11.3. The van der Waals surface area contributed by atoms with E-state index in [0.29, 0.717) is 22.9 Å². The minimum absolute atomic E-state index is 0.0593. The summed E-state index contributed by atoms with van der Waals surface area (Å²) in [6.45, 7) is 2.04. The van der Waals surface area contributed by atoms with E-state index in [2.05, 4.69) is 0 Å². The molecule has 0 fully saturated rings. The third-order valence-electron chi connectivity index (χ3n) is 3.07. The van der Waals surface area contributed by atoms with E-state index in [9.17, 15) is 4.39 Å². The van der Waals surface area contributed by atoms with Gasteiger partial charge in [0.15, 0.2) is 0 Å². The van der Waals surface area contributed by atoms with Crippen LogP contribution in [-0.4, -0.2) is 6.04 Å². The average molecular weight is 294 g/mol. The van der Waals surface area contributed by atoms with E-state index >= 15 is 0 Å². The maximum atomic E-state index is 12.9. The molecule has 1 unspecified atom stereocenters. The second-order valence-corrected chi connectivity index (χ2v) is 5.12. The van der Waals surface area contributed by atoms with Crippen LogP contribution in [0.1, 0.15) is 18.9 Å². The quantitative estimate of drug-likeness (QED) is 0.877. The average Bonchev–Trinajstić information content (AvgIpc) is 2.44. The van der Waals surface area contributed by atoms with Gasteiger partial charge in [0, 0.05) is 11.1 Å². The van der Waals surface area contributed by atoms with Crippen molar-refractivity contribution in [1.82, 2.24) is 0 Å². The molecular formula is C16H17ClFNO. The topological polar surface area (TPSA) is 35.2 Å². The minimum Gasteiger partial charge on any atom is -0.457 e. The summed E-state index contributed by atoms with van der Waals surface area (Å²) in [5, 5.41) is 0.648. The van der Waals surface area contributed by atoms with E-state index in [4.69, 9.17) is 22.1 Å². The number of rotatable bonds is 5. The van der Waals surface area contributed by atoms with Crippen LogP contribution < -0.4 is 10.5 Å². The van der Waals surface area contributed by atoms with Gasteiger partial charge in [-0.05, 0) is 60.9 Å². The van der Waals surface area contributed by atoms with Crippen LogP contribution in [0.2, 0.25) is 5.02 Å². The molecular weight excluding hydrogens is 277 g/mol. The first kappa shape index (κ1) is 14.8. The largest absolute Gasteiger partial charge is 0.457 e. The van der Waals surface area contributed by atoms with Crippen LogP contribution in [0.3, 0.4) is 0 Å². The molecule has 2 aromatic carbocycles. The summed E-state index contributed by atoms with van der Waals surface area (Å²) in [6.07, 6.45) is 1.57. The lowest BCUT2D eigenvalue weighted by molar-refractivity contribution is 0.470. The number of ether oxygens (including phenoxy) is 1. The number of nitrogens with two attached hydrogens (primary N) is 1. The molecule has 2 N–H and O–H groups in total. The van der Waals surface area contributed by atoms with Crippen molar-refractivity contribution in [2.75, 3.05) is 0 Å². The first-order valence-corrected chi connectivity index (χ1v) is 6.93. The fraction of sp³-hybridized carbons (Fsp3) is 0.250. The predicted molar refractivity (Wildman–Crippen MR) is 79.9 cm³/mol. The Balaban J connectivity index is 2.23. The molecule has 0 aliphatic heterocycles. The van der Waals surface area contributed by atoms with Gasteiger partial charge >= 0.3 is 0 Å². The van der Waals surface area contributed by atoms with Crippen LogP contribution in [0.25, 0.3) is 0 Å². The molecule has 4 heteroatoms. The lowest BCUT2D eigenvalue weighted by Crippen LogP contribution is -2.21. The van der Waals surface area contributed by atoms with E-state index in [1.54, 1.807) is 18.2 Å². The van der Waals surface area contributed by atoms with Crippen molar-refractivity contribution in [3.63, 3.8) is 0 Å². The molecule has 0 bridgehead atoms. The van der Waals surface area contributed by atoms with Crippen LogP contribution >= 0.6 is 11.6 Å². The lowest BCUT2D eigenvalue weighted by Gasteiger charge is -2.14. The second-order valence-electron chi connectivity index (χ2n) is 4.68. The summed E-state index contributed by atoms with van der Waals surface area (Å²) in [6, 6.07) is 11.4. The van der Waals surface area contributed by atoms with Crippen LogP contribution in [0.4, 0.5) is 4.39 Å². The number of hydrogen-bond donors (Lipinski definition) is 1. The third kappa shape index (κ3) is 3.95. The summed E-state index contributed by atoms with van der Waals surface area (Å²) in [5.74, 6) is 0.992. The third-order valence-corrected chi connectivity index (χ3v) is 3.31. The SMILES string of the molecule is CCC(N)Cc1cc(Cl)ccc1Oc1ccc(F)cc1. The number of hydrogen-bond acceptors (Lipinski definition) is 2. The molecule has 0 radical (unpaired) electrons. The summed E-state index contributed by atoms with van der Waals surface area (Å²) < 4.78 is 18.7. The normalized spacial score (nSPS) is 12.2. The zero-order valence-corrected chi connectivity index (χ0v) is 12.0. The molecule has 0 heterocycles. The Bertz CT molecular complexity index is 571. The van der Waals surface area contributed by atoms with E-state index in [-0.39, 0.29) is 11.9 Å². The van der Waals surface area contributed by atoms with E-state index in [1.807, 2.05) is 19.1 Å². The molecule has 0 aromatic heterocycles. The molecule has 20 heavy (non-hydrogen) atoms. The van der Waals surface area contributed by atoms with Gasteiger partial charge in [-0.25, -0.2) is 4.39 Å². The Hall–Kier alpha value is -1.58. The van der Waals surface area contributed by atoms with Crippen molar-refractivity contribution in [1.29, 1.82) is 0 Å². The van der Waals surface area contributed by atoms with Crippen molar-refractivity contribution >= 4 is 11.6 Å². The molecule has 1 atom stereocenters. The van der Waals surface area contributed by atoms with Crippen molar-refractivity contribution < 1.29 is 9.13 Å². The van der Waals surface area contributed by atoms with Crippen molar-refractivity contribution in [3.8, 4) is 11.5 Å². The molecule has 0 aliphatic carbocycles. The standard InChI is InChI=1S/C16H17ClFNO/c1-2-14(19)10-11-9-12(17)3-8-16(11)20-15-6-4-13(18)5-7-15/h3-9,14H,2,10,19H2,1H3. The zero-order chi connectivity index (χ0) is 14.5. The van der Waals surface area contributed by atoms with Crippen LogP contribution in [0.15, 0.2) is 42.5 Å². The van der Waals surface area contributed by atoms with Crippen LogP contribution in [-0.2, 0) is 6.42 Å². The predicted octanol–water partition coefficient (Wildman–Crippen LogP) is 4.55. The molecule has 2 aromatic rings. The van der Waals surface area contributed by atoms with E-state index in [1.165, 1.54) is 12.1 Å². The van der Waals surface area contributed by atoms with Gasteiger partial charge < -0.3 is 10.5 Å².